The first kappa shape index (κ1) is 29.3. The van der Waals surface area contributed by atoms with Crippen LogP contribution in [0.4, 0.5) is 10.2 Å². The second kappa shape index (κ2) is 12.4. The predicted molar refractivity (Wildman–Crippen MR) is 162 cm³/mol. The van der Waals surface area contributed by atoms with Crippen molar-refractivity contribution in [1.29, 1.82) is 5.26 Å². The van der Waals surface area contributed by atoms with E-state index >= 15 is 0 Å². The van der Waals surface area contributed by atoms with Crippen LogP contribution >= 0.6 is 11.6 Å². The lowest BCUT2D eigenvalue weighted by Crippen LogP contribution is -2.55. The van der Waals surface area contributed by atoms with Gasteiger partial charge >= 0.3 is 6.01 Å². The molecule has 11 heteroatoms. The molecule has 0 spiro atoms. The standard InChI is InChI=1S/C32H34ClFN6O3/c1-20(34)31(41)40-15-14-39(17-22(40)11-12-35)30-25-19-42-28(24-9-3-6-21-7-4-10-26(33)29(21)24)16-27(25)36-32(37-30)43-18-23-8-5-13-38(23)2/h3-4,6-7,9-10,22-23,28H,1,5,8,11,13-19H2,2H3/t22-,23-,28-/m0/s1. The summed E-state index contributed by atoms with van der Waals surface area (Å²) in [6.07, 6.45) is 2.46. The molecule has 1 aromatic heterocycles. The van der Waals surface area contributed by atoms with Crippen LogP contribution in [0.3, 0.4) is 0 Å². The number of benzene rings is 2. The second-order valence-electron chi connectivity index (χ2n) is 11.4. The zero-order valence-corrected chi connectivity index (χ0v) is 24.9. The van der Waals surface area contributed by atoms with Crippen LogP contribution in [0.15, 0.2) is 48.8 Å². The molecule has 2 saturated heterocycles. The summed E-state index contributed by atoms with van der Waals surface area (Å²) in [6.45, 7) is 5.89. The van der Waals surface area contributed by atoms with E-state index in [9.17, 15) is 14.4 Å². The SMILES string of the molecule is C=C(F)C(=O)N1CCN(c2nc(OC[C@@H]3CCCN3C)nc3c2CO[C@H](c2cccc4cccc(Cl)c24)C3)C[C@@H]1CC#N. The summed E-state index contributed by atoms with van der Waals surface area (Å²) >= 11 is 6.65. The Hall–Kier alpha value is -3.78. The molecule has 1 amide bonds. The van der Waals surface area contributed by atoms with E-state index in [2.05, 4.69) is 24.6 Å². The van der Waals surface area contributed by atoms with Gasteiger partial charge in [-0.15, -0.1) is 0 Å². The summed E-state index contributed by atoms with van der Waals surface area (Å²) in [5, 5.41) is 12.1. The number of carbonyl (C=O) groups is 1. The van der Waals surface area contributed by atoms with E-state index in [-0.39, 0.29) is 31.7 Å². The van der Waals surface area contributed by atoms with E-state index in [1.165, 1.54) is 4.90 Å². The monoisotopic (exact) mass is 604 g/mol. The summed E-state index contributed by atoms with van der Waals surface area (Å²) < 4.78 is 26.5. The Labute approximate surface area is 255 Å². The van der Waals surface area contributed by atoms with Gasteiger partial charge in [0.2, 0.25) is 0 Å². The van der Waals surface area contributed by atoms with Crippen molar-refractivity contribution < 1.29 is 18.7 Å². The molecule has 9 nitrogen and oxygen atoms in total. The smallest absolute Gasteiger partial charge is 0.318 e. The number of nitrogens with zero attached hydrogens (tertiary/aromatic N) is 6. The Balaban J connectivity index is 1.34. The third-order valence-corrected chi connectivity index (χ3v) is 9.08. The first-order valence-corrected chi connectivity index (χ1v) is 15.0. The van der Waals surface area contributed by atoms with Crippen molar-refractivity contribution >= 4 is 34.1 Å². The van der Waals surface area contributed by atoms with Gasteiger partial charge < -0.3 is 24.2 Å². The predicted octanol–water partition coefficient (Wildman–Crippen LogP) is 4.98. The van der Waals surface area contributed by atoms with Gasteiger partial charge in [-0.3, -0.25) is 4.79 Å². The van der Waals surface area contributed by atoms with Crippen molar-refractivity contribution in [3.05, 3.63) is 70.6 Å². The summed E-state index contributed by atoms with van der Waals surface area (Å²) in [5.74, 6) is -1.16. The number of carbonyl (C=O) groups excluding carboxylic acids is 1. The zero-order valence-electron chi connectivity index (χ0n) is 24.1. The normalized spacial score (nSPS) is 22.3. The molecule has 0 unspecified atom stereocenters. The Kier molecular flexibility index (Phi) is 8.48. The fourth-order valence-electron chi connectivity index (χ4n) is 6.46. The van der Waals surface area contributed by atoms with Crippen LogP contribution in [0.2, 0.25) is 5.02 Å². The first-order valence-electron chi connectivity index (χ1n) is 14.6. The molecule has 3 aliphatic heterocycles. The molecule has 4 heterocycles. The number of rotatable bonds is 7. The lowest BCUT2D eigenvalue weighted by atomic mass is 9.94. The Morgan fingerprint density at radius 2 is 2.02 bits per heavy atom. The highest BCUT2D eigenvalue weighted by Crippen LogP contribution is 2.39. The number of hydrogen-bond acceptors (Lipinski definition) is 8. The molecular weight excluding hydrogens is 571 g/mol. The van der Waals surface area contributed by atoms with Crippen LogP contribution in [-0.2, 0) is 22.6 Å². The van der Waals surface area contributed by atoms with Gasteiger partial charge in [0.05, 0.1) is 36.9 Å². The minimum absolute atomic E-state index is 0.0561. The van der Waals surface area contributed by atoms with E-state index in [1.54, 1.807) is 0 Å². The van der Waals surface area contributed by atoms with Crippen LogP contribution in [0.25, 0.3) is 10.8 Å². The molecule has 0 bridgehead atoms. The van der Waals surface area contributed by atoms with Gasteiger partial charge in [0.1, 0.15) is 12.4 Å². The topological polar surface area (TPSA) is 94.8 Å². The van der Waals surface area contributed by atoms with Gasteiger partial charge in [-0.05, 0) is 43.5 Å². The van der Waals surface area contributed by atoms with Crippen molar-refractivity contribution in [1.82, 2.24) is 19.8 Å². The number of nitriles is 1. The van der Waals surface area contributed by atoms with Gasteiger partial charge in [0.25, 0.3) is 5.91 Å². The fraction of sp³-hybridized carbons (Fsp3) is 0.438. The first-order chi connectivity index (χ1) is 20.8. The number of halogens is 2. The van der Waals surface area contributed by atoms with E-state index in [0.717, 1.165) is 47.0 Å². The van der Waals surface area contributed by atoms with Gasteiger partial charge in [-0.2, -0.15) is 15.2 Å². The Bertz CT molecular complexity index is 1590. The lowest BCUT2D eigenvalue weighted by Gasteiger charge is -2.42. The Morgan fingerprint density at radius 1 is 1.21 bits per heavy atom. The van der Waals surface area contributed by atoms with Crippen LogP contribution in [0, 0.1) is 11.3 Å². The second-order valence-corrected chi connectivity index (χ2v) is 11.8. The molecule has 3 aromatic rings. The molecule has 2 fully saturated rings. The van der Waals surface area contributed by atoms with Gasteiger partial charge in [0, 0.05) is 48.1 Å². The van der Waals surface area contributed by atoms with Gasteiger partial charge in [0.15, 0.2) is 5.83 Å². The van der Waals surface area contributed by atoms with Crippen molar-refractivity contribution in [3.8, 4) is 12.1 Å². The maximum Gasteiger partial charge on any atom is 0.318 e. The van der Waals surface area contributed by atoms with Crippen molar-refractivity contribution in [2.24, 2.45) is 0 Å². The van der Waals surface area contributed by atoms with Crippen molar-refractivity contribution in [3.63, 3.8) is 0 Å². The number of hydrogen-bond donors (Lipinski definition) is 0. The van der Waals surface area contributed by atoms with E-state index in [1.807, 2.05) is 41.3 Å². The summed E-state index contributed by atoms with van der Waals surface area (Å²) in [7, 11) is 2.10. The molecule has 6 rings (SSSR count). The van der Waals surface area contributed by atoms with Crippen LogP contribution in [0.1, 0.15) is 42.2 Å². The van der Waals surface area contributed by atoms with E-state index in [0.29, 0.717) is 43.0 Å². The highest BCUT2D eigenvalue weighted by atomic mass is 35.5. The molecule has 2 aromatic carbocycles. The molecule has 43 heavy (non-hydrogen) atoms. The zero-order chi connectivity index (χ0) is 30.1. The summed E-state index contributed by atoms with van der Waals surface area (Å²) in [5.41, 5.74) is 2.67. The molecule has 0 aliphatic carbocycles. The molecule has 0 radical (unpaired) electrons. The largest absolute Gasteiger partial charge is 0.462 e. The third-order valence-electron chi connectivity index (χ3n) is 8.77. The molecule has 3 atom stereocenters. The molecule has 0 N–H and O–H groups in total. The number of amides is 1. The van der Waals surface area contributed by atoms with Crippen LogP contribution in [-0.4, -0.2) is 77.6 Å². The maximum absolute atomic E-state index is 13.8. The third kappa shape index (κ3) is 5.90. The minimum Gasteiger partial charge on any atom is -0.462 e. The number of ether oxygens (including phenoxy) is 2. The molecule has 224 valence electrons. The highest BCUT2D eigenvalue weighted by Gasteiger charge is 2.36. The Morgan fingerprint density at radius 3 is 2.77 bits per heavy atom. The van der Waals surface area contributed by atoms with Gasteiger partial charge in [-0.25, -0.2) is 4.39 Å². The van der Waals surface area contributed by atoms with E-state index < -0.39 is 17.8 Å². The number of likely N-dealkylation sites (N-methyl/N-ethyl adjacent to an activating group) is 1. The van der Waals surface area contributed by atoms with Crippen LogP contribution < -0.4 is 9.64 Å². The van der Waals surface area contributed by atoms with Gasteiger partial charge in [-0.1, -0.05) is 48.5 Å². The molecular formula is C32H34ClFN6O3. The van der Waals surface area contributed by atoms with Crippen LogP contribution in [0.5, 0.6) is 6.01 Å². The van der Waals surface area contributed by atoms with Crippen molar-refractivity contribution in [2.75, 3.05) is 44.7 Å². The van der Waals surface area contributed by atoms with Crippen molar-refractivity contribution in [2.45, 2.75) is 50.5 Å². The van der Waals surface area contributed by atoms with E-state index in [4.69, 9.17) is 31.0 Å². The quantitative estimate of drug-likeness (QED) is 0.349. The lowest BCUT2D eigenvalue weighted by molar-refractivity contribution is -0.131. The number of anilines is 1. The molecule has 3 aliphatic rings. The maximum atomic E-state index is 13.8. The minimum atomic E-state index is -1.03. The average molecular weight is 605 g/mol. The number of aromatic nitrogens is 2. The average Bonchev–Trinajstić information content (AvgIpc) is 3.43. The fourth-order valence-corrected chi connectivity index (χ4v) is 6.75. The number of piperazine rings is 1. The number of likely N-dealkylation sites (tertiary alicyclic amines) is 1. The summed E-state index contributed by atoms with van der Waals surface area (Å²) in [4.78, 5) is 27.9. The number of fused-ring (bicyclic) bond motifs is 2. The molecule has 0 saturated carbocycles. The summed E-state index contributed by atoms with van der Waals surface area (Å²) in [6, 6.07) is 14.1. The highest BCUT2D eigenvalue weighted by molar-refractivity contribution is 6.35.